The van der Waals surface area contributed by atoms with Gasteiger partial charge in [0.25, 0.3) is 0 Å². The van der Waals surface area contributed by atoms with Gasteiger partial charge in [0.15, 0.2) is 17.3 Å². The third-order valence-corrected chi connectivity index (χ3v) is 4.58. The number of Topliss-reactive ketones (excluding diaryl/α,β-unsaturated/α-hetero) is 1. The van der Waals surface area contributed by atoms with Crippen LogP contribution in [0, 0.1) is 5.92 Å². The molecule has 3 aliphatic heterocycles. The molecule has 0 N–H and O–H groups in total. The normalized spacial score (nSPS) is 19.9. The zero-order chi connectivity index (χ0) is 15.7. The molecule has 3 heterocycles. The van der Waals surface area contributed by atoms with Crippen LogP contribution in [-0.4, -0.2) is 37.5 Å². The van der Waals surface area contributed by atoms with Gasteiger partial charge >= 0.3 is 0 Å². The molecule has 3 aliphatic rings. The Balaban J connectivity index is 1.98. The van der Waals surface area contributed by atoms with Crippen LogP contribution in [-0.2, 0) is 4.79 Å². The standard InChI is InChI=1S/C17H20ClNO3/c1-3-22-15-10-11(8-13(18)17(15)21-2)9-14-16(20)12-4-6-19(14)7-5-12/h8-10,12H,3-7H2,1-2H3/b14-9-. The number of halogens is 1. The minimum absolute atomic E-state index is 0.191. The van der Waals surface area contributed by atoms with Crippen LogP contribution in [0.4, 0.5) is 0 Å². The summed E-state index contributed by atoms with van der Waals surface area (Å²) in [5, 5.41) is 0.490. The topological polar surface area (TPSA) is 38.8 Å². The molecule has 0 unspecified atom stereocenters. The number of methoxy groups -OCH3 is 1. The molecule has 4 nitrogen and oxygen atoms in total. The molecule has 118 valence electrons. The van der Waals surface area contributed by atoms with Crippen LogP contribution in [0.3, 0.4) is 0 Å². The second-order valence-corrected chi connectivity index (χ2v) is 6.03. The zero-order valence-electron chi connectivity index (χ0n) is 12.9. The minimum Gasteiger partial charge on any atom is -0.491 e. The highest BCUT2D eigenvalue weighted by molar-refractivity contribution is 6.32. The van der Waals surface area contributed by atoms with Crippen LogP contribution in [0.1, 0.15) is 25.3 Å². The molecule has 0 saturated carbocycles. The van der Waals surface area contributed by atoms with Gasteiger partial charge in [0.05, 0.1) is 24.4 Å². The second-order valence-electron chi connectivity index (χ2n) is 5.62. The van der Waals surface area contributed by atoms with Crippen LogP contribution >= 0.6 is 11.6 Å². The molecule has 3 saturated heterocycles. The first-order valence-electron chi connectivity index (χ1n) is 7.65. The molecule has 0 spiro atoms. The Labute approximate surface area is 135 Å². The maximum Gasteiger partial charge on any atom is 0.182 e. The van der Waals surface area contributed by atoms with E-state index in [4.69, 9.17) is 21.1 Å². The van der Waals surface area contributed by atoms with Crippen molar-refractivity contribution in [2.75, 3.05) is 26.8 Å². The maximum absolute atomic E-state index is 12.4. The van der Waals surface area contributed by atoms with Crippen molar-refractivity contribution in [1.82, 2.24) is 4.90 Å². The van der Waals surface area contributed by atoms with Crippen molar-refractivity contribution in [2.45, 2.75) is 19.8 Å². The van der Waals surface area contributed by atoms with E-state index < -0.39 is 0 Å². The highest BCUT2D eigenvalue weighted by Gasteiger charge is 2.36. The number of carbonyl (C=O) groups excluding carboxylic acids is 1. The first-order chi connectivity index (χ1) is 10.6. The van der Waals surface area contributed by atoms with Gasteiger partial charge in [-0.1, -0.05) is 11.6 Å². The molecular formula is C17H20ClNO3. The van der Waals surface area contributed by atoms with Crippen molar-refractivity contribution in [1.29, 1.82) is 0 Å². The molecule has 3 fully saturated rings. The summed E-state index contributed by atoms with van der Waals surface area (Å²) in [4.78, 5) is 14.6. The Bertz CT molecular complexity index is 619. The molecule has 0 aromatic heterocycles. The Morgan fingerprint density at radius 3 is 2.68 bits per heavy atom. The van der Waals surface area contributed by atoms with Gasteiger partial charge in [0.2, 0.25) is 0 Å². The molecule has 1 aromatic rings. The fourth-order valence-electron chi connectivity index (χ4n) is 3.20. The molecule has 5 heteroatoms. The smallest absolute Gasteiger partial charge is 0.182 e. The molecule has 22 heavy (non-hydrogen) atoms. The number of piperidine rings is 3. The van der Waals surface area contributed by atoms with E-state index in [0.29, 0.717) is 23.1 Å². The Morgan fingerprint density at radius 2 is 2.09 bits per heavy atom. The number of carbonyl (C=O) groups is 1. The SMILES string of the molecule is CCOc1cc(/C=C2/C(=O)C3CCN2CC3)cc(Cl)c1OC. The highest BCUT2D eigenvalue weighted by atomic mass is 35.5. The number of ether oxygens (including phenoxy) is 2. The molecule has 0 amide bonds. The predicted octanol–water partition coefficient (Wildman–Crippen LogP) is 3.38. The van der Waals surface area contributed by atoms with Crippen molar-refractivity contribution >= 4 is 23.5 Å². The highest BCUT2D eigenvalue weighted by Crippen LogP contribution is 2.38. The van der Waals surface area contributed by atoms with Gasteiger partial charge in [0.1, 0.15) is 0 Å². The lowest BCUT2D eigenvalue weighted by molar-refractivity contribution is -0.125. The minimum atomic E-state index is 0.191. The Morgan fingerprint density at radius 1 is 1.36 bits per heavy atom. The number of hydrogen-bond acceptors (Lipinski definition) is 4. The van der Waals surface area contributed by atoms with Crippen molar-refractivity contribution in [2.24, 2.45) is 5.92 Å². The van der Waals surface area contributed by atoms with E-state index in [9.17, 15) is 4.79 Å². The Hall–Kier alpha value is -1.68. The molecular weight excluding hydrogens is 302 g/mol. The number of benzene rings is 1. The fourth-order valence-corrected chi connectivity index (χ4v) is 3.50. The molecule has 0 radical (unpaired) electrons. The van der Waals surface area contributed by atoms with Gasteiger partial charge < -0.3 is 14.4 Å². The third-order valence-electron chi connectivity index (χ3n) is 4.30. The van der Waals surface area contributed by atoms with Gasteiger partial charge in [0, 0.05) is 19.0 Å². The van der Waals surface area contributed by atoms with Crippen molar-refractivity contribution in [3.05, 3.63) is 28.4 Å². The van der Waals surface area contributed by atoms with E-state index >= 15 is 0 Å². The summed E-state index contributed by atoms with van der Waals surface area (Å²) in [6, 6.07) is 3.68. The number of nitrogens with zero attached hydrogens (tertiary/aromatic N) is 1. The van der Waals surface area contributed by atoms with Gasteiger partial charge in [-0.05, 0) is 43.5 Å². The van der Waals surface area contributed by atoms with Crippen LogP contribution in [0.15, 0.2) is 17.8 Å². The van der Waals surface area contributed by atoms with Crippen molar-refractivity contribution in [3.63, 3.8) is 0 Å². The number of fused-ring (bicyclic) bond motifs is 3. The van der Waals surface area contributed by atoms with Crippen LogP contribution < -0.4 is 9.47 Å². The number of allylic oxidation sites excluding steroid dienone is 1. The maximum atomic E-state index is 12.4. The monoisotopic (exact) mass is 321 g/mol. The first-order valence-corrected chi connectivity index (χ1v) is 8.03. The number of rotatable bonds is 4. The Kier molecular flexibility index (Phi) is 4.30. The summed E-state index contributed by atoms with van der Waals surface area (Å²) in [6.07, 6.45) is 3.87. The molecule has 4 rings (SSSR count). The number of hydrogen-bond donors (Lipinski definition) is 0. The molecule has 2 bridgehead atoms. The summed E-state index contributed by atoms with van der Waals surface area (Å²) in [5.41, 5.74) is 1.66. The fraction of sp³-hybridized carbons (Fsp3) is 0.471. The van der Waals surface area contributed by atoms with Gasteiger partial charge in [-0.15, -0.1) is 0 Å². The quantitative estimate of drug-likeness (QED) is 0.797. The summed E-state index contributed by atoms with van der Waals surface area (Å²) in [5.74, 6) is 1.58. The number of ketones is 1. The van der Waals surface area contributed by atoms with E-state index in [1.165, 1.54) is 0 Å². The third kappa shape index (κ3) is 2.68. The van der Waals surface area contributed by atoms with E-state index in [1.54, 1.807) is 7.11 Å². The van der Waals surface area contributed by atoms with Crippen LogP contribution in [0.2, 0.25) is 5.02 Å². The van der Waals surface area contributed by atoms with Crippen LogP contribution in [0.25, 0.3) is 6.08 Å². The predicted molar refractivity (Wildman–Crippen MR) is 86.5 cm³/mol. The summed E-state index contributed by atoms with van der Waals surface area (Å²) >= 11 is 6.27. The van der Waals surface area contributed by atoms with Gasteiger partial charge in [-0.25, -0.2) is 0 Å². The van der Waals surface area contributed by atoms with Crippen molar-refractivity contribution < 1.29 is 14.3 Å². The lowest BCUT2D eigenvalue weighted by Crippen LogP contribution is -2.45. The van der Waals surface area contributed by atoms with Crippen molar-refractivity contribution in [3.8, 4) is 11.5 Å². The average molecular weight is 322 g/mol. The zero-order valence-corrected chi connectivity index (χ0v) is 13.7. The molecule has 0 aliphatic carbocycles. The largest absolute Gasteiger partial charge is 0.491 e. The van der Waals surface area contributed by atoms with E-state index in [0.717, 1.165) is 37.2 Å². The average Bonchev–Trinajstić information content (AvgIpc) is 2.51. The van der Waals surface area contributed by atoms with E-state index in [2.05, 4.69) is 4.90 Å². The second kappa shape index (κ2) is 6.21. The lowest BCUT2D eigenvalue weighted by atomic mass is 9.84. The lowest BCUT2D eigenvalue weighted by Gasteiger charge is -2.41. The van der Waals surface area contributed by atoms with Gasteiger partial charge in [-0.3, -0.25) is 4.79 Å². The summed E-state index contributed by atoms with van der Waals surface area (Å²) in [7, 11) is 1.57. The first kappa shape index (κ1) is 15.2. The summed E-state index contributed by atoms with van der Waals surface area (Å²) in [6.45, 7) is 4.36. The molecule has 0 atom stereocenters. The molecule has 1 aromatic carbocycles. The van der Waals surface area contributed by atoms with Crippen LogP contribution in [0.5, 0.6) is 11.5 Å². The van der Waals surface area contributed by atoms with E-state index in [1.807, 2.05) is 25.1 Å². The summed E-state index contributed by atoms with van der Waals surface area (Å²) < 4.78 is 10.9. The van der Waals surface area contributed by atoms with E-state index in [-0.39, 0.29) is 11.7 Å². The van der Waals surface area contributed by atoms with Gasteiger partial charge in [-0.2, -0.15) is 0 Å².